The number of ether oxygens (including phenoxy) is 1. The summed E-state index contributed by atoms with van der Waals surface area (Å²) < 4.78 is 10.5. The number of oxazole rings is 1. The summed E-state index contributed by atoms with van der Waals surface area (Å²) in [4.78, 5) is 4.21. The predicted octanol–water partition coefficient (Wildman–Crippen LogP) is 3.71. The molecule has 0 aliphatic rings. The molecule has 0 saturated heterocycles. The van der Waals surface area contributed by atoms with Crippen molar-refractivity contribution in [2.75, 3.05) is 12.8 Å². The molecule has 1 heterocycles. The van der Waals surface area contributed by atoms with E-state index >= 15 is 0 Å². The predicted molar refractivity (Wildman–Crippen MR) is 72.0 cm³/mol. The minimum Gasteiger partial charge on any atom is -0.495 e. The number of rotatable bonds is 3. The molecule has 4 nitrogen and oxygen atoms in total. The lowest BCUT2D eigenvalue weighted by Gasteiger charge is -2.06. The highest BCUT2D eigenvalue weighted by Gasteiger charge is 2.17. The Morgan fingerprint density at radius 2 is 2.11 bits per heavy atom. The molecule has 2 aromatic rings. The van der Waals surface area contributed by atoms with E-state index in [9.17, 15) is 0 Å². The third-order valence-corrected chi connectivity index (χ3v) is 2.91. The number of benzene rings is 1. The standard InChI is InChI=1S/C13H15ClN2O2/c1-7(2)12-11(16-13(15)18-12)8-4-5-10(17-3)9(14)6-8/h4-7H,1-3H3,(H2,15,16). The van der Waals surface area contributed by atoms with Gasteiger partial charge in [0.1, 0.15) is 17.2 Å². The summed E-state index contributed by atoms with van der Waals surface area (Å²) in [5.74, 6) is 1.59. The average Bonchev–Trinajstić information content (AvgIpc) is 2.71. The van der Waals surface area contributed by atoms with Gasteiger partial charge in [0.05, 0.1) is 12.1 Å². The van der Waals surface area contributed by atoms with Gasteiger partial charge >= 0.3 is 0 Å². The van der Waals surface area contributed by atoms with Crippen LogP contribution in [-0.2, 0) is 0 Å². The van der Waals surface area contributed by atoms with Crippen molar-refractivity contribution in [3.8, 4) is 17.0 Å². The van der Waals surface area contributed by atoms with Gasteiger partial charge in [-0.05, 0) is 18.2 Å². The van der Waals surface area contributed by atoms with Crippen molar-refractivity contribution < 1.29 is 9.15 Å². The van der Waals surface area contributed by atoms with Gasteiger partial charge in [0, 0.05) is 11.5 Å². The van der Waals surface area contributed by atoms with Crippen molar-refractivity contribution in [2.45, 2.75) is 19.8 Å². The first-order valence-electron chi connectivity index (χ1n) is 5.63. The Morgan fingerprint density at radius 1 is 1.39 bits per heavy atom. The van der Waals surface area contributed by atoms with Crippen molar-refractivity contribution in [3.05, 3.63) is 29.0 Å². The van der Waals surface area contributed by atoms with Crippen molar-refractivity contribution >= 4 is 17.6 Å². The van der Waals surface area contributed by atoms with E-state index in [2.05, 4.69) is 4.98 Å². The molecule has 0 bridgehead atoms. The number of methoxy groups -OCH3 is 1. The highest BCUT2D eigenvalue weighted by atomic mass is 35.5. The topological polar surface area (TPSA) is 61.3 Å². The van der Waals surface area contributed by atoms with E-state index in [4.69, 9.17) is 26.5 Å². The Morgan fingerprint density at radius 3 is 2.67 bits per heavy atom. The second-order valence-corrected chi connectivity index (χ2v) is 4.68. The summed E-state index contributed by atoms with van der Waals surface area (Å²) in [6, 6.07) is 5.64. The molecule has 5 heteroatoms. The van der Waals surface area contributed by atoms with E-state index in [0.717, 1.165) is 17.0 Å². The van der Waals surface area contributed by atoms with Gasteiger partial charge in [-0.3, -0.25) is 0 Å². The van der Waals surface area contributed by atoms with Gasteiger partial charge in [-0.15, -0.1) is 0 Å². The van der Waals surface area contributed by atoms with E-state index in [0.29, 0.717) is 10.8 Å². The van der Waals surface area contributed by atoms with Crippen LogP contribution in [0.4, 0.5) is 6.01 Å². The zero-order valence-electron chi connectivity index (χ0n) is 10.5. The van der Waals surface area contributed by atoms with Crippen LogP contribution in [-0.4, -0.2) is 12.1 Å². The van der Waals surface area contributed by atoms with Crippen LogP contribution in [0.3, 0.4) is 0 Å². The first kappa shape index (κ1) is 12.8. The molecule has 96 valence electrons. The number of hydrogen-bond donors (Lipinski definition) is 1. The van der Waals surface area contributed by atoms with Crippen molar-refractivity contribution in [1.29, 1.82) is 0 Å². The molecule has 0 aliphatic heterocycles. The maximum atomic E-state index is 6.10. The van der Waals surface area contributed by atoms with E-state index in [-0.39, 0.29) is 11.9 Å². The molecule has 0 atom stereocenters. The summed E-state index contributed by atoms with van der Waals surface area (Å²) in [6.45, 7) is 4.04. The summed E-state index contributed by atoms with van der Waals surface area (Å²) in [5, 5.41) is 0.534. The number of aromatic nitrogens is 1. The number of nitrogens with zero attached hydrogens (tertiary/aromatic N) is 1. The van der Waals surface area contributed by atoms with E-state index in [1.54, 1.807) is 19.2 Å². The lowest BCUT2D eigenvalue weighted by Crippen LogP contribution is -1.90. The molecule has 0 saturated carbocycles. The first-order valence-corrected chi connectivity index (χ1v) is 6.00. The zero-order valence-corrected chi connectivity index (χ0v) is 11.3. The monoisotopic (exact) mass is 266 g/mol. The van der Waals surface area contributed by atoms with E-state index in [1.165, 1.54) is 0 Å². The number of halogens is 1. The second-order valence-electron chi connectivity index (χ2n) is 4.27. The van der Waals surface area contributed by atoms with Gasteiger partial charge in [-0.25, -0.2) is 0 Å². The smallest absolute Gasteiger partial charge is 0.292 e. The number of anilines is 1. The van der Waals surface area contributed by atoms with Crippen molar-refractivity contribution in [3.63, 3.8) is 0 Å². The molecule has 1 aromatic carbocycles. The molecule has 1 aromatic heterocycles. The van der Waals surface area contributed by atoms with Gasteiger partial charge in [0.2, 0.25) is 0 Å². The normalized spacial score (nSPS) is 10.9. The molecule has 2 rings (SSSR count). The Kier molecular flexibility index (Phi) is 3.48. The largest absolute Gasteiger partial charge is 0.495 e. The summed E-state index contributed by atoms with van der Waals surface area (Å²) in [5.41, 5.74) is 7.21. The minimum atomic E-state index is 0.167. The molecule has 0 unspecified atom stereocenters. The summed E-state index contributed by atoms with van der Waals surface area (Å²) in [7, 11) is 1.58. The SMILES string of the molecule is COc1ccc(-c2nc(N)oc2C(C)C)cc1Cl. The Balaban J connectivity index is 2.51. The molecule has 0 fully saturated rings. The van der Waals surface area contributed by atoms with Crippen molar-refractivity contribution in [1.82, 2.24) is 4.98 Å². The van der Waals surface area contributed by atoms with Crippen LogP contribution < -0.4 is 10.5 Å². The van der Waals surface area contributed by atoms with Crippen molar-refractivity contribution in [2.24, 2.45) is 0 Å². The molecule has 18 heavy (non-hydrogen) atoms. The van der Waals surface area contributed by atoms with E-state index in [1.807, 2.05) is 19.9 Å². The molecule has 0 radical (unpaired) electrons. The molecule has 0 amide bonds. The lowest BCUT2D eigenvalue weighted by atomic mass is 10.0. The van der Waals surface area contributed by atoms with Gasteiger partial charge in [-0.1, -0.05) is 25.4 Å². The maximum absolute atomic E-state index is 6.10. The number of nitrogens with two attached hydrogens (primary N) is 1. The second kappa shape index (κ2) is 4.90. The minimum absolute atomic E-state index is 0.167. The fraction of sp³-hybridized carbons (Fsp3) is 0.308. The van der Waals surface area contributed by atoms with E-state index < -0.39 is 0 Å². The van der Waals surface area contributed by atoms with Gasteiger partial charge < -0.3 is 14.9 Å². The van der Waals surface area contributed by atoms with Crippen LogP contribution >= 0.6 is 11.6 Å². The van der Waals surface area contributed by atoms with Crippen LogP contribution in [0, 0.1) is 0 Å². The third-order valence-electron chi connectivity index (χ3n) is 2.62. The molecule has 0 aliphatic carbocycles. The fourth-order valence-corrected chi connectivity index (χ4v) is 2.02. The average molecular weight is 267 g/mol. The van der Waals surface area contributed by atoms with Gasteiger partial charge in [0.15, 0.2) is 0 Å². The Hall–Kier alpha value is -1.68. The summed E-state index contributed by atoms with van der Waals surface area (Å²) in [6.07, 6.45) is 0. The van der Waals surface area contributed by atoms with Crippen LogP contribution in [0.2, 0.25) is 5.02 Å². The van der Waals surface area contributed by atoms with Gasteiger partial charge in [0.25, 0.3) is 6.01 Å². The molecular weight excluding hydrogens is 252 g/mol. The molecule has 0 spiro atoms. The number of nitrogen functional groups attached to an aromatic ring is 1. The Bertz CT molecular complexity index is 564. The zero-order chi connectivity index (χ0) is 13.3. The van der Waals surface area contributed by atoms with Crippen LogP contribution in [0.15, 0.2) is 22.6 Å². The molecule has 2 N–H and O–H groups in total. The number of hydrogen-bond acceptors (Lipinski definition) is 4. The Labute approximate surface area is 111 Å². The van der Waals surface area contributed by atoms with Crippen LogP contribution in [0.5, 0.6) is 5.75 Å². The fourth-order valence-electron chi connectivity index (χ4n) is 1.76. The lowest BCUT2D eigenvalue weighted by molar-refractivity contribution is 0.415. The van der Waals surface area contributed by atoms with Gasteiger partial charge in [-0.2, -0.15) is 4.98 Å². The summed E-state index contributed by atoms with van der Waals surface area (Å²) >= 11 is 6.10. The van der Waals surface area contributed by atoms with Crippen LogP contribution in [0.1, 0.15) is 25.5 Å². The third kappa shape index (κ3) is 2.29. The molecular formula is C13H15ClN2O2. The highest BCUT2D eigenvalue weighted by molar-refractivity contribution is 6.32. The quantitative estimate of drug-likeness (QED) is 0.920. The first-order chi connectivity index (χ1) is 8.52. The van der Waals surface area contributed by atoms with Crippen LogP contribution in [0.25, 0.3) is 11.3 Å². The maximum Gasteiger partial charge on any atom is 0.292 e. The highest BCUT2D eigenvalue weighted by Crippen LogP contribution is 2.34.